The van der Waals surface area contributed by atoms with E-state index in [0.29, 0.717) is 17.6 Å². The molecule has 96 valence electrons. The predicted octanol–water partition coefficient (Wildman–Crippen LogP) is 0.925. The number of carbonyl (C=O) groups is 1. The Bertz CT molecular complexity index is 508. The molecule has 1 aliphatic rings. The van der Waals surface area contributed by atoms with Crippen molar-refractivity contribution in [3.63, 3.8) is 0 Å². The molecule has 7 nitrogen and oxygen atoms in total. The summed E-state index contributed by atoms with van der Waals surface area (Å²) in [7, 11) is 0. The molecule has 1 fully saturated rings. The van der Waals surface area contributed by atoms with E-state index in [0.717, 1.165) is 6.42 Å². The Morgan fingerprint density at radius 2 is 2.39 bits per heavy atom. The molecule has 8 heteroatoms. The van der Waals surface area contributed by atoms with Crippen molar-refractivity contribution in [3.05, 3.63) is 32.4 Å². The van der Waals surface area contributed by atoms with Crippen LogP contribution in [0.2, 0.25) is 0 Å². The van der Waals surface area contributed by atoms with E-state index in [1.807, 2.05) is 0 Å². The molecule has 0 spiro atoms. The zero-order chi connectivity index (χ0) is 13.3. The number of rotatable bonds is 2. The lowest BCUT2D eigenvalue weighted by Gasteiger charge is -2.15. The van der Waals surface area contributed by atoms with E-state index in [4.69, 9.17) is 5.73 Å². The van der Waals surface area contributed by atoms with Crippen LogP contribution in [0.5, 0.6) is 0 Å². The molecule has 0 aliphatic carbocycles. The summed E-state index contributed by atoms with van der Waals surface area (Å²) in [4.78, 5) is 27.4. The van der Waals surface area contributed by atoms with E-state index in [1.165, 1.54) is 12.3 Å². The maximum Gasteiger partial charge on any atom is 0.364 e. The number of pyridine rings is 1. The molecule has 1 atom stereocenters. The molecule has 0 unspecified atom stereocenters. The standard InChI is InChI=1S/C10H11BrN4O3/c11-8-4-13-9(15(17)18)3-7(8)10(16)14-2-1-6(12)5-14/h3-4,6H,1-2,5,12H2/t6-/m0/s1. The molecule has 2 rings (SSSR count). The van der Waals surface area contributed by atoms with Crippen molar-refractivity contribution in [3.8, 4) is 0 Å². The van der Waals surface area contributed by atoms with Gasteiger partial charge in [0.25, 0.3) is 5.91 Å². The number of amides is 1. The first-order chi connectivity index (χ1) is 8.49. The number of hydrogen-bond donors (Lipinski definition) is 1. The topological polar surface area (TPSA) is 102 Å². The molecule has 0 aromatic carbocycles. The second-order valence-electron chi connectivity index (χ2n) is 4.08. The van der Waals surface area contributed by atoms with Crippen molar-refractivity contribution >= 4 is 27.7 Å². The lowest BCUT2D eigenvalue weighted by Crippen LogP contribution is -2.32. The lowest BCUT2D eigenvalue weighted by molar-refractivity contribution is -0.389. The Morgan fingerprint density at radius 1 is 1.67 bits per heavy atom. The van der Waals surface area contributed by atoms with Gasteiger partial charge >= 0.3 is 5.82 Å². The van der Waals surface area contributed by atoms with Gasteiger partial charge in [0.1, 0.15) is 0 Å². The zero-order valence-electron chi connectivity index (χ0n) is 9.38. The number of halogens is 1. The summed E-state index contributed by atoms with van der Waals surface area (Å²) in [6.07, 6.45) is 2.01. The van der Waals surface area contributed by atoms with Gasteiger partial charge in [-0.05, 0) is 32.3 Å². The monoisotopic (exact) mass is 314 g/mol. The second kappa shape index (κ2) is 4.99. The van der Waals surface area contributed by atoms with E-state index in [-0.39, 0.29) is 23.3 Å². The third-order valence-corrected chi connectivity index (χ3v) is 3.40. The Morgan fingerprint density at radius 3 is 2.94 bits per heavy atom. The fourth-order valence-electron chi connectivity index (χ4n) is 1.83. The second-order valence-corrected chi connectivity index (χ2v) is 4.93. The van der Waals surface area contributed by atoms with Gasteiger partial charge in [-0.15, -0.1) is 0 Å². The van der Waals surface area contributed by atoms with Gasteiger partial charge < -0.3 is 20.7 Å². The Labute approximate surface area is 111 Å². The highest BCUT2D eigenvalue weighted by atomic mass is 79.9. The fourth-order valence-corrected chi connectivity index (χ4v) is 2.22. The molecule has 1 aliphatic heterocycles. The average molecular weight is 315 g/mol. The Balaban J connectivity index is 2.29. The van der Waals surface area contributed by atoms with Crippen LogP contribution in [0.1, 0.15) is 16.8 Å². The summed E-state index contributed by atoms with van der Waals surface area (Å²) in [5, 5.41) is 10.6. The van der Waals surface area contributed by atoms with E-state index in [1.54, 1.807) is 4.90 Å². The quantitative estimate of drug-likeness (QED) is 0.646. The molecule has 1 aromatic heterocycles. The van der Waals surface area contributed by atoms with Gasteiger partial charge in [-0.3, -0.25) is 4.79 Å². The van der Waals surface area contributed by atoms with E-state index in [9.17, 15) is 14.9 Å². The van der Waals surface area contributed by atoms with Crippen LogP contribution < -0.4 is 5.73 Å². The SMILES string of the molecule is N[C@H]1CCN(C(=O)c2cc([N+](=O)[O-])ncc2Br)C1. The van der Waals surface area contributed by atoms with Crippen LogP contribution in [0.4, 0.5) is 5.82 Å². The van der Waals surface area contributed by atoms with Crippen LogP contribution in [0.15, 0.2) is 16.7 Å². The molecule has 1 saturated heterocycles. The average Bonchev–Trinajstić information content (AvgIpc) is 2.75. The number of likely N-dealkylation sites (tertiary alicyclic amines) is 1. The van der Waals surface area contributed by atoms with Crippen LogP contribution in [0.3, 0.4) is 0 Å². The minimum atomic E-state index is -0.626. The minimum Gasteiger partial charge on any atom is -0.358 e. The molecule has 2 N–H and O–H groups in total. The first kappa shape index (κ1) is 12.9. The summed E-state index contributed by atoms with van der Waals surface area (Å²) in [5.41, 5.74) is 5.97. The van der Waals surface area contributed by atoms with Crippen LogP contribution in [0.25, 0.3) is 0 Å². The summed E-state index contributed by atoms with van der Waals surface area (Å²) in [6, 6.07) is 1.15. The Kier molecular flexibility index (Phi) is 3.58. The highest BCUT2D eigenvalue weighted by molar-refractivity contribution is 9.10. The molecular formula is C10H11BrN4O3. The number of carbonyl (C=O) groups excluding carboxylic acids is 1. The molecular weight excluding hydrogens is 304 g/mol. The maximum atomic E-state index is 12.2. The summed E-state index contributed by atoms with van der Waals surface area (Å²) >= 11 is 3.18. The highest BCUT2D eigenvalue weighted by Gasteiger charge is 2.27. The number of hydrogen-bond acceptors (Lipinski definition) is 5. The van der Waals surface area contributed by atoms with Gasteiger partial charge in [0.15, 0.2) is 6.20 Å². The molecule has 1 amide bonds. The molecule has 0 bridgehead atoms. The van der Waals surface area contributed by atoms with Gasteiger partial charge in [-0.1, -0.05) is 0 Å². The van der Waals surface area contributed by atoms with E-state index < -0.39 is 4.92 Å². The third kappa shape index (κ3) is 2.49. The molecule has 1 aromatic rings. The van der Waals surface area contributed by atoms with Gasteiger partial charge in [-0.2, -0.15) is 0 Å². The number of nitrogens with two attached hydrogens (primary N) is 1. The van der Waals surface area contributed by atoms with Crippen molar-refractivity contribution in [1.29, 1.82) is 0 Å². The van der Waals surface area contributed by atoms with E-state index >= 15 is 0 Å². The smallest absolute Gasteiger partial charge is 0.358 e. The van der Waals surface area contributed by atoms with Crippen molar-refractivity contribution < 1.29 is 9.72 Å². The van der Waals surface area contributed by atoms with Crippen LogP contribution >= 0.6 is 15.9 Å². The lowest BCUT2D eigenvalue weighted by atomic mass is 10.2. The van der Waals surface area contributed by atoms with Crippen molar-refractivity contribution in [2.75, 3.05) is 13.1 Å². The molecule has 18 heavy (non-hydrogen) atoms. The van der Waals surface area contributed by atoms with Gasteiger partial charge in [-0.25, -0.2) is 0 Å². The number of nitro groups is 1. The van der Waals surface area contributed by atoms with E-state index in [2.05, 4.69) is 20.9 Å². The first-order valence-electron chi connectivity index (χ1n) is 5.34. The minimum absolute atomic E-state index is 0.0236. The number of nitrogens with zero attached hydrogens (tertiary/aromatic N) is 3. The van der Waals surface area contributed by atoms with Crippen LogP contribution in [-0.4, -0.2) is 39.8 Å². The van der Waals surface area contributed by atoms with Crippen LogP contribution in [-0.2, 0) is 0 Å². The fraction of sp³-hybridized carbons (Fsp3) is 0.400. The molecule has 0 radical (unpaired) electrons. The highest BCUT2D eigenvalue weighted by Crippen LogP contribution is 2.23. The predicted molar refractivity (Wildman–Crippen MR) is 67.1 cm³/mol. The maximum absolute atomic E-state index is 12.2. The first-order valence-corrected chi connectivity index (χ1v) is 6.13. The summed E-state index contributed by atoms with van der Waals surface area (Å²) in [5.74, 6) is -0.606. The van der Waals surface area contributed by atoms with Crippen molar-refractivity contribution in [2.24, 2.45) is 5.73 Å². The van der Waals surface area contributed by atoms with Gasteiger partial charge in [0.2, 0.25) is 0 Å². The summed E-state index contributed by atoms with van der Waals surface area (Å²) < 4.78 is 0.443. The van der Waals surface area contributed by atoms with Gasteiger partial charge in [0.05, 0.1) is 10.0 Å². The van der Waals surface area contributed by atoms with Crippen LogP contribution in [0, 0.1) is 10.1 Å². The van der Waals surface area contributed by atoms with Gasteiger partial charge in [0, 0.05) is 25.2 Å². The Hall–Kier alpha value is -1.54. The zero-order valence-corrected chi connectivity index (χ0v) is 11.0. The molecule has 0 saturated carbocycles. The molecule has 2 heterocycles. The summed E-state index contributed by atoms with van der Waals surface area (Å²) in [6.45, 7) is 1.05. The third-order valence-electron chi connectivity index (χ3n) is 2.77. The van der Waals surface area contributed by atoms with Crippen molar-refractivity contribution in [1.82, 2.24) is 9.88 Å². The largest absolute Gasteiger partial charge is 0.364 e. The number of aromatic nitrogens is 1. The van der Waals surface area contributed by atoms with Crippen molar-refractivity contribution in [2.45, 2.75) is 12.5 Å². The normalized spacial score (nSPS) is 19.0.